The van der Waals surface area contributed by atoms with E-state index in [1.54, 1.807) is 7.05 Å². The molecule has 0 spiro atoms. The molecule has 122 valence electrons. The summed E-state index contributed by atoms with van der Waals surface area (Å²) in [5, 5.41) is 8.85. The first-order valence-corrected chi connectivity index (χ1v) is 8.22. The normalized spacial score (nSPS) is 16.3. The number of hydrogen-bond donors (Lipinski definition) is 2. The van der Waals surface area contributed by atoms with Crippen molar-refractivity contribution in [2.75, 3.05) is 6.54 Å². The quantitative estimate of drug-likeness (QED) is 0.672. The van der Waals surface area contributed by atoms with Gasteiger partial charge in [-0.25, -0.2) is 22.9 Å². The molecule has 1 fully saturated rings. The number of carboxylic acid groups (broad SMARTS) is 1. The zero-order valence-electron chi connectivity index (χ0n) is 12.3. The van der Waals surface area contributed by atoms with E-state index in [0.717, 1.165) is 12.8 Å². The van der Waals surface area contributed by atoms with Crippen molar-refractivity contribution in [3.05, 3.63) is 12.5 Å². The van der Waals surface area contributed by atoms with Crippen LogP contribution in [-0.2, 0) is 26.7 Å². The van der Waals surface area contributed by atoms with E-state index in [1.807, 2.05) is 0 Å². The van der Waals surface area contributed by atoms with Gasteiger partial charge in [0.2, 0.25) is 5.91 Å². The number of carbonyl (C=O) groups is 2. The molecule has 0 saturated heterocycles. The first-order chi connectivity index (χ1) is 10.2. The molecule has 0 bridgehead atoms. The summed E-state index contributed by atoms with van der Waals surface area (Å²) in [5.74, 6) is -1.68. The molecule has 2 N–H and O–H groups in total. The predicted molar refractivity (Wildman–Crippen MR) is 75.4 cm³/mol. The summed E-state index contributed by atoms with van der Waals surface area (Å²) >= 11 is 0. The summed E-state index contributed by atoms with van der Waals surface area (Å²) in [5.41, 5.74) is 0. The van der Waals surface area contributed by atoms with Crippen LogP contribution in [-0.4, -0.2) is 58.5 Å². The molecule has 1 saturated carbocycles. The van der Waals surface area contributed by atoms with E-state index in [0.29, 0.717) is 0 Å². The van der Waals surface area contributed by atoms with E-state index < -0.39 is 34.5 Å². The molecule has 2 rings (SSSR count). The molecule has 9 nitrogen and oxygen atoms in total. The lowest BCUT2D eigenvalue weighted by Gasteiger charge is -2.26. The van der Waals surface area contributed by atoms with Crippen LogP contribution in [0, 0.1) is 0 Å². The zero-order chi connectivity index (χ0) is 16.5. The van der Waals surface area contributed by atoms with Gasteiger partial charge in [0.25, 0.3) is 10.0 Å². The molecule has 0 aliphatic heterocycles. The Bertz CT molecular complexity index is 679. The Morgan fingerprint density at radius 1 is 1.55 bits per heavy atom. The van der Waals surface area contributed by atoms with E-state index in [-0.39, 0.29) is 11.1 Å². The average molecular weight is 330 g/mol. The van der Waals surface area contributed by atoms with Crippen LogP contribution in [0.4, 0.5) is 0 Å². The van der Waals surface area contributed by atoms with Gasteiger partial charge in [-0.15, -0.1) is 0 Å². The number of carbonyl (C=O) groups excluding carboxylic acids is 1. The van der Waals surface area contributed by atoms with Gasteiger partial charge in [0.05, 0.1) is 12.9 Å². The molecule has 1 atom stereocenters. The predicted octanol–water partition coefficient (Wildman–Crippen LogP) is -0.837. The van der Waals surface area contributed by atoms with E-state index in [2.05, 4.69) is 9.71 Å². The maximum Gasteiger partial charge on any atom is 0.326 e. The van der Waals surface area contributed by atoms with Gasteiger partial charge < -0.3 is 14.6 Å². The van der Waals surface area contributed by atoms with Crippen LogP contribution in [0.15, 0.2) is 17.6 Å². The minimum atomic E-state index is -3.90. The minimum absolute atomic E-state index is 0.127. The fourth-order valence-corrected chi connectivity index (χ4v) is 3.01. The highest BCUT2D eigenvalue weighted by atomic mass is 32.2. The van der Waals surface area contributed by atoms with Crippen molar-refractivity contribution in [1.82, 2.24) is 19.2 Å². The van der Waals surface area contributed by atoms with Gasteiger partial charge in [0, 0.05) is 19.3 Å². The number of hydrogen-bond acceptors (Lipinski definition) is 5. The Balaban J connectivity index is 2.03. The lowest BCUT2D eigenvalue weighted by Crippen LogP contribution is -2.48. The molecule has 1 unspecified atom stereocenters. The highest BCUT2D eigenvalue weighted by Crippen LogP contribution is 2.28. The van der Waals surface area contributed by atoms with Gasteiger partial charge in [-0.3, -0.25) is 4.79 Å². The second-order valence-electron chi connectivity index (χ2n) is 5.25. The first-order valence-electron chi connectivity index (χ1n) is 6.74. The Morgan fingerprint density at radius 3 is 2.64 bits per heavy atom. The number of nitrogens with zero attached hydrogens (tertiary/aromatic N) is 3. The number of aryl methyl sites for hydroxylation is 1. The van der Waals surface area contributed by atoms with E-state index >= 15 is 0 Å². The molecular formula is C12H18N4O5S. The van der Waals surface area contributed by atoms with Crippen LogP contribution in [0.5, 0.6) is 0 Å². The summed E-state index contributed by atoms with van der Waals surface area (Å²) in [6, 6.07) is -1.11. The van der Waals surface area contributed by atoms with Crippen LogP contribution in [0.3, 0.4) is 0 Å². The van der Waals surface area contributed by atoms with Crippen LogP contribution in [0.2, 0.25) is 0 Å². The maximum atomic E-state index is 12.2. The molecule has 0 aromatic carbocycles. The summed E-state index contributed by atoms with van der Waals surface area (Å²) < 4.78 is 27.6. The highest BCUT2D eigenvalue weighted by molar-refractivity contribution is 7.89. The third-order valence-electron chi connectivity index (χ3n) is 3.37. The van der Waals surface area contributed by atoms with Gasteiger partial charge >= 0.3 is 5.97 Å². The first kappa shape index (κ1) is 16.4. The summed E-state index contributed by atoms with van der Waals surface area (Å²) in [6.45, 7) is 0.916. The smallest absolute Gasteiger partial charge is 0.326 e. The number of carboxylic acids is 1. The van der Waals surface area contributed by atoms with E-state index in [4.69, 9.17) is 5.11 Å². The fraction of sp³-hybridized carbons (Fsp3) is 0.583. The van der Waals surface area contributed by atoms with Crippen molar-refractivity contribution in [1.29, 1.82) is 0 Å². The number of nitrogens with one attached hydrogen (secondary N) is 1. The number of sulfonamides is 1. The monoisotopic (exact) mass is 330 g/mol. The second-order valence-corrected chi connectivity index (χ2v) is 6.96. The SMILES string of the molecule is CC(C(=O)O)N(C(=O)CNS(=O)(=O)c1cn(C)cn1)C1CC1. The van der Waals surface area contributed by atoms with Gasteiger partial charge in [-0.1, -0.05) is 0 Å². The van der Waals surface area contributed by atoms with Gasteiger partial charge in [0.1, 0.15) is 6.04 Å². The number of imidazole rings is 1. The van der Waals surface area contributed by atoms with Crippen LogP contribution < -0.4 is 4.72 Å². The molecule has 1 aromatic rings. The Labute approximate surface area is 128 Å². The molecule has 22 heavy (non-hydrogen) atoms. The standard InChI is InChI=1S/C12H18N4O5S/c1-8(12(18)19)16(9-3-4-9)11(17)5-14-22(20,21)10-6-15(2)7-13-10/h6-9,14H,3-5H2,1-2H3,(H,18,19). The second kappa shape index (κ2) is 6.05. The van der Waals surface area contributed by atoms with Crippen molar-refractivity contribution in [3.63, 3.8) is 0 Å². The number of aliphatic carboxylic acids is 1. The largest absolute Gasteiger partial charge is 0.480 e. The zero-order valence-corrected chi connectivity index (χ0v) is 13.1. The van der Waals surface area contributed by atoms with Crippen molar-refractivity contribution >= 4 is 21.9 Å². The topological polar surface area (TPSA) is 122 Å². The maximum absolute atomic E-state index is 12.2. The third kappa shape index (κ3) is 3.63. The summed E-state index contributed by atoms with van der Waals surface area (Å²) in [7, 11) is -2.27. The third-order valence-corrected chi connectivity index (χ3v) is 4.66. The van der Waals surface area contributed by atoms with Crippen molar-refractivity contribution in [2.24, 2.45) is 7.05 Å². The fourth-order valence-electron chi connectivity index (χ4n) is 2.06. The number of aromatic nitrogens is 2. The molecule has 1 amide bonds. The van der Waals surface area contributed by atoms with E-state index in [9.17, 15) is 18.0 Å². The number of amides is 1. The van der Waals surface area contributed by atoms with Crippen molar-refractivity contribution < 1.29 is 23.1 Å². The summed E-state index contributed by atoms with van der Waals surface area (Å²) in [4.78, 5) is 28.2. The van der Waals surface area contributed by atoms with Gasteiger partial charge in [0.15, 0.2) is 5.03 Å². The molecule has 1 aromatic heterocycles. The lowest BCUT2D eigenvalue weighted by molar-refractivity contribution is -0.149. The van der Waals surface area contributed by atoms with Crippen LogP contribution in [0.1, 0.15) is 19.8 Å². The van der Waals surface area contributed by atoms with Crippen molar-refractivity contribution in [3.8, 4) is 0 Å². The van der Waals surface area contributed by atoms with Gasteiger partial charge in [-0.05, 0) is 19.8 Å². The summed E-state index contributed by atoms with van der Waals surface area (Å²) in [6.07, 6.45) is 4.11. The van der Waals surface area contributed by atoms with E-state index in [1.165, 1.54) is 28.9 Å². The van der Waals surface area contributed by atoms with Crippen LogP contribution >= 0.6 is 0 Å². The molecule has 0 radical (unpaired) electrons. The van der Waals surface area contributed by atoms with Gasteiger partial charge in [-0.2, -0.15) is 0 Å². The molecule has 1 aliphatic carbocycles. The Hall–Kier alpha value is -1.94. The van der Waals surface area contributed by atoms with Crippen molar-refractivity contribution in [2.45, 2.75) is 36.9 Å². The highest BCUT2D eigenvalue weighted by Gasteiger charge is 2.38. The molecule has 10 heteroatoms. The minimum Gasteiger partial charge on any atom is -0.480 e. The van der Waals surface area contributed by atoms with Crippen LogP contribution in [0.25, 0.3) is 0 Å². The molecular weight excluding hydrogens is 312 g/mol. The lowest BCUT2D eigenvalue weighted by atomic mass is 10.2. The molecule has 1 aliphatic rings. The number of rotatable bonds is 7. The average Bonchev–Trinajstić information content (AvgIpc) is 3.16. The Kier molecular flexibility index (Phi) is 4.52. The molecule has 1 heterocycles. The Morgan fingerprint density at radius 2 is 2.18 bits per heavy atom.